The Hall–Kier alpha value is -1.99. The lowest BCUT2D eigenvalue weighted by Crippen LogP contribution is -2.26. The van der Waals surface area contributed by atoms with Crippen molar-refractivity contribution >= 4 is 48.5 Å². The molecule has 7 heteroatoms. The van der Waals surface area contributed by atoms with Gasteiger partial charge in [-0.15, -0.1) is 0 Å². The second-order valence-electron chi connectivity index (χ2n) is 6.16. The molecular formula is C19H18BrFN2O2S. The number of rotatable bonds is 6. The number of nitrogens with one attached hydrogen (secondary N) is 1. The third-order valence-corrected chi connectivity index (χ3v) is 6.18. The molecule has 1 atom stereocenters. The predicted octanol–water partition coefficient (Wildman–Crippen LogP) is 5.37. The topological polar surface area (TPSA) is 51.2 Å². The van der Waals surface area contributed by atoms with Gasteiger partial charge in [-0.1, -0.05) is 59.3 Å². The normalized spacial score (nSPS) is 12.3. The van der Waals surface area contributed by atoms with Crippen LogP contribution in [0.1, 0.15) is 19.4 Å². The minimum absolute atomic E-state index is 0.116. The molecule has 0 saturated carbocycles. The van der Waals surface area contributed by atoms with E-state index < -0.39 is 0 Å². The zero-order chi connectivity index (χ0) is 18.7. The van der Waals surface area contributed by atoms with Crippen LogP contribution in [0.25, 0.3) is 10.2 Å². The van der Waals surface area contributed by atoms with Crippen LogP contribution in [0.3, 0.4) is 0 Å². The molecule has 1 amide bonds. The Kier molecular flexibility index (Phi) is 5.88. The molecule has 0 fully saturated rings. The number of aromatic nitrogens is 1. The molecule has 0 aliphatic rings. The maximum Gasteiger partial charge on any atom is 0.240 e. The molecule has 136 valence electrons. The quantitative estimate of drug-likeness (QED) is 0.528. The van der Waals surface area contributed by atoms with Crippen LogP contribution < -0.4 is 10.1 Å². The van der Waals surface area contributed by atoms with Gasteiger partial charge in [0.1, 0.15) is 18.2 Å². The van der Waals surface area contributed by atoms with Crippen molar-refractivity contribution in [1.82, 2.24) is 4.98 Å². The SMILES string of the molecule is CC(C)[C@H](Br)C(=O)Nc1nc2ccc(OCc3ccccc3F)cc2s1. The molecule has 0 saturated heterocycles. The number of ether oxygens (including phenoxy) is 1. The molecule has 26 heavy (non-hydrogen) atoms. The van der Waals surface area contributed by atoms with E-state index >= 15 is 0 Å². The van der Waals surface area contributed by atoms with E-state index in [0.29, 0.717) is 16.4 Å². The second kappa shape index (κ2) is 8.14. The molecule has 1 aromatic heterocycles. The van der Waals surface area contributed by atoms with E-state index in [-0.39, 0.29) is 29.1 Å². The van der Waals surface area contributed by atoms with Gasteiger partial charge in [-0.2, -0.15) is 0 Å². The summed E-state index contributed by atoms with van der Waals surface area (Å²) >= 11 is 4.76. The molecule has 0 radical (unpaired) electrons. The third kappa shape index (κ3) is 4.40. The number of fused-ring (bicyclic) bond motifs is 1. The molecule has 1 N–H and O–H groups in total. The van der Waals surface area contributed by atoms with Gasteiger partial charge in [0.25, 0.3) is 0 Å². The number of halogens is 2. The number of hydrogen-bond acceptors (Lipinski definition) is 4. The number of benzene rings is 2. The smallest absolute Gasteiger partial charge is 0.240 e. The highest BCUT2D eigenvalue weighted by molar-refractivity contribution is 9.10. The maximum absolute atomic E-state index is 13.7. The Labute approximate surface area is 163 Å². The van der Waals surface area contributed by atoms with Gasteiger partial charge in [-0.05, 0) is 30.2 Å². The molecule has 0 spiro atoms. The lowest BCUT2D eigenvalue weighted by molar-refractivity contribution is -0.116. The summed E-state index contributed by atoms with van der Waals surface area (Å²) in [5.41, 5.74) is 1.28. The van der Waals surface area contributed by atoms with Crippen molar-refractivity contribution in [3.8, 4) is 5.75 Å². The maximum atomic E-state index is 13.7. The zero-order valence-electron chi connectivity index (χ0n) is 14.3. The van der Waals surface area contributed by atoms with Gasteiger partial charge in [-0.3, -0.25) is 4.79 Å². The van der Waals surface area contributed by atoms with E-state index in [1.165, 1.54) is 17.4 Å². The minimum atomic E-state index is -0.286. The Bertz CT molecular complexity index is 929. The monoisotopic (exact) mass is 436 g/mol. The molecular weight excluding hydrogens is 419 g/mol. The molecule has 3 rings (SSSR count). The first-order valence-corrected chi connectivity index (χ1v) is 9.89. The van der Waals surface area contributed by atoms with E-state index in [0.717, 1.165) is 10.2 Å². The summed E-state index contributed by atoms with van der Waals surface area (Å²) in [5, 5.41) is 3.37. The largest absolute Gasteiger partial charge is 0.489 e. The number of amides is 1. The van der Waals surface area contributed by atoms with Crippen molar-refractivity contribution in [2.75, 3.05) is 5.32 Å². The molecule has 1 heterocycles. The van der Waals surface area contributed by atoms with Gasteiger partial charge in [-0.25, -0.2) is 9.37 Å². The van der Waals surface area contributed by atoms with Crippen molar-refractivity contribution in [3.63, 3.8) is 0 Å². The summed E-state index contributed by atoms with van der Waals surface area (Å²) in [6, 6.07) is 12.0. The third-order valence-electron chi connectivity index (χ3n) is 3.78. The van der Waals surface area contributed by atoms with Gasteiger partial charge in [0.05, 0.1) is 15.0 Å². The van der Waals surface area contributed by atoms with Gasteiger partial charge in [0, 0.05) is 5.56 Å². The highest BCUT2D eigenvalue weighted by Crippen LogP contribution is 2.30. The van der Waals surface area contributed by atoms with E-state index in [4.69, 9.17) is 4.74 Å². The average Bonchev–Trinajstić information content (AvgIpc) is 3.01. The fourth-order valence-electron chi connectivity index (χ4n) is 2.30. The van der Waals surface area contributed by atoms with Gasteiger partial charge < -0.3 is 10.1 Å². The number of hydrogen-bond donors (Lipinski definition) is 1. The standard InChI is InChI=1S/C19H18BrFN2O2S/c1-11(2)17(20)18(24)23-19-22-15-8-7-13(9-16(15)26-19)25-10-12-5-3-4-6-14(12)21/h3-9,11,17H,10H2,1-2H3,(H,22,23,24)/t17-/m0/s1. The Morgan fingerprint density at radius 1 is 1.31 bits per heavy atom. The lowest BCUT2D eigenvalue weighted by Gasteiger charge is -2.11. The van der Waals surface area contributed by atoms with Crippen molar-refractivity contribution in [2.24, 2.45) is 5.92 Å². The van der Waals surface area contributed by atoms with Crippen LogP contribution >= 0.6 is 27.3 Å². The first-order chi connectivity index (χ1) is 12.4. The first-order valence-electron chi connectivity index (χ1n) is 8.16. The first kappa shape index (κ1) is 18.8. The number of carbonyl (C=O) groups is 1. The van der Waals surface area contributed by atoms with Crippen LogP contribution in [0.5, 0.6) is 5.75 Å². The lowest BCUT2D eigenvalue weighted by atomic mass is 10.1. The summed E-state index contributed by atoms with van der Waals surface area (Å²) in [6.07, 6.45) is 0. The van der Waals surface area contributed by atoms with E-state index in [9.17, 15) is 9.18 Å². The molecule has 0 aliphatic carbocycles. The van der Waals surface area contributed by atoms with Crippen LogP contribution in [0.4, 0.5) is 9.52 Å². The highest BCUT2D eigenvalue weighted by atomic mass is 79.9. The van der Waals surface area contributed by atoms with E-state index in [1.54, 1.807) is 24.3 Å². The van der Waals surface area contributed by atoms with Gasteiger partial charge in [0.2, 0.25) is 5.91 Å². The number of alkyl halides is 1. The Morgan fingerprint density at radius 3 is 2.81 bits per heavy atom. The molecule has 4 nitrogen and oxygen atoms in total. The van der Waals surface area contributed by atoms with Crippen LogP contribution in [0.15, 0.2) is 42.5 Å². The molecule has 0 unspecified atom stereocenters. The number of anilines is 1. The number of nitrogens with zero attached hydrogens (tertiary/aromatic N) is 1. The van der Waals surface area contributed by atoms with Gasteiger partial charge in [0.15, 0.2) is 5.13 Å². The van der Waals surface area contributed by atoms with Gasteiger partial charge >= 0.3 is 0 Å². The fourth-order valence-corrected chi connectivity index (χ4v) is 3.31. The number of thiazole rings is 1. The minimum Gasteiger partial charge on any atom is -0.489 e. The van der Waals surface area contributed by atoms with Crippen LogP contribution in [0.2, 0.25) is 0 Å². The second-order valence-corrected chi connectivity index (χ2v) is 8.18. The average molecular weight is 437 g/mol. The Balaban J connectivity index is 1.71. The van der Waals surface area contributed by atoms with Crippen LogP contribution in [-0.4, -0.2) is 15.7 Å². The molecule has 0 bridgehead atoms. The highest BCUT2D eigenvalue weighted by Gasteiger charge is 2.20. The van der Waals surface area contributed by atoms with Crippen LogP contribution in [-0.2, 0) is 11.4 Å². The van der Waals surface area contributed by atoms with Crippen LogP contribution in [0, 0.1) is 11.7 Å². The van der Waals surface area contributed by atoms with Crippen molar-refractivity contribution < 1.29 is 13.9 Å². The molecule has 3 aromatic rings. The van der Waals surface area contributed by atoms with Crippen molar-refractivity contribution in [2.45, 2.75) is 25.3 Å². The number of carbonyl (C=O) groups excluding carboxylic acids is 1. The summed E-state index contributed by atoms with van der Waals surface area (Å²) in [5.74, 6) is 0.409. The fraction of sp³-hybridized carbons (Fsp3) is 0.263. The molecule has 0 aliphatic heterocycles. The Morgan fingerprint density at radius 2 is 2.08 bits per heavy atom. The van der Waals surface area contributed by atoms with E-state index in [1.807, 2.05) is 26.0 Å². The van der Waals surface area contributed by atoms with Crippen molar-refractivity contribution in [3.05, 3.63) is 53.8 Å². The molecule has 2 aromatic carbocycles. The summed E-state index contributed by atoms with van der Waals surface area (Å²) < 4.78 is 20.2. The zero-order valence-corrected chi connectivity index (χ0v) is 16.7. The van der Waals surface area contributed by atoms with E-state index in [2.05, 4.69) is 26.2 Å². The predicted molar refractivity (Wildman–Crippen MR) is 107 cm³/mol. The summed E-state index contributed by atoms with van der Waals surface area (Å²) in [4.78, 5) is 16.3. The summed E-state index contributed by atoms with van der Waals surface area (Å²) in [6.45, 7) is 4.09. The summed E-state index contributed by atoms with van der Waals surface area (Å²) in [7, 11) is 0. The van der Waals surface area contributed by atoms with Crippen molar-refractivity contribution in [1.29, 1.82) is 0 Å².